The Morgan fingerprint density at radius 1 is 1.14 bits per heavy atom. The van der Waals surface area contributed by atoms with Crippen LogP contribution in [0.3, 0.4) is 0 Å². The number of carbonyl (C=O) groups is 1. The van der Waals surface area contributed by atoms with Gasteiger partial charge in [-0.3, -0.25) is 4.79 Å². The van der Waals surface area contributed by atoms with Gasteiger partial charge in [0.05, 0.1) is 11.1 Å². The topological polar surface area (TPSA) is 84.5 Å². The maximum atomic E-state index is 12.2. The molecule has 154 valence electrons. The van der Waals surface area contributed by atoms with Crippen molar-refractivity contribution in [3.63, 3.8) is 0 Å². The van der Waals surface area contributed by atoms with Crippen molar-refractivity contribution in [2.24, 2.45) is 0 Å². The van der Waals surface area contributed by atoms with Gasteiger partial charge in [0, 0.05) is 18.0 Å². The van der Waals surface area contributed by atoms with Crippen molar-refractivity contribution >= 4 is 27.3 Å². The molecule has 1 heterocycles. The van der Waals surface area contributed by atoms with E-state index in [0.717, 1.165) is 11.1 Å². The third-order valence-electron chi connectivity index (χ3n) is 3.40. The van der Waals surface area contributed by atoms with Gasteiger partial charge >= 0.3 is 6.18 Å². The minimum atomic E-state index is -4.40. The smallest absolute Gasteiger partial charge is 0.422 e. The summed E-state index contributed by atoms with van der Waals surface area (Å²) >= 11 is 1.26. The van der Waals surface area contributed by atoms with Crippen molar-refractivity contribution in [3.8, 4) is 5.75 Å². The maximum Gasteiger partial charge on any atom is 0.422 e. The maximum absolute atomic E-state index is 12.2. The number of hydrogen-bond donors (Lipinski definition) is 2. The number of nitrogens with one attached hydrogen (secondary N) is 2. The van der Waals surface area contributed by atoms with Crippen LogP contribution in [0.15, 0.2) is 36.4 Å². The van der Waals surface area contributed by atoms with Crippen LogP contribution in [0.5, 0.6) is 5.75 Å². The third kappa shape index (κ3) is 8.28. The first-order chi connectivity index (χ1) is 13.0. The summed E-state index contributed by atoms with van der Waals surface area (Å²) in [4.78, 5) is 13.5. The molecule has 0 aliphatic heterocycles. The van der Waals surface area contributed by atoms with Gasteiger partial charge in [-0.2, -0.15) is 13.2 Å². The van der Waals surface area contributed by atoms with Crippen LogP contribution in [-0.2, 0) is 23.0 Å². The summed E-state index contributed by atoms with van der Waals surface area (Å²) in [7, 11) is -3.25. The first-order valence-electron chi connectivity index (χ1n) is 8.12. The minimum Gasteiger partial charge on any atom is -0.484 e. The van der Waals surface area contributed by atoms with Crippen LogP contribution >= 0.6 is 11.3 Å². The van der Waals surface area contributed by atoms with Crippen LogP contribution in [0.2, 0.25) is 0 Å². The molecule has 1 aromatic heterocycles. The van der Waals surface area contributed by atoms with E-state index in [4.69, 9.17) is 0 Å². The Labute approximate surface area is 164 Å². The van der Waals surface area contributed by atoms with Crippen molar-refractivity contribution in [2.75, 3.05) is 19.4 Å². The lowest BCUT2D eigenvalue weighted by atomic mass is 10.2. The number of carbonyl (C=O) groups excluding carboxylic acids is 1. The first kappa shape index (κ1) is 22.2. The molecular weight excluding hydrogens is 417 g/mol. The van der Waals surface area contributed by atoms with Crippen LogP contribution in [0.25, 0.3) is 0 Å². The van der Waals surface area contributed by atoms with Gasteiger partial charge < -0.3 is 10.1 Å². The summed E-state index contributed by atoms with van der Waals surface area (Å²) in [6.07, 6.45) is -2.84. The summed E-state index contributed by atoms with van der Waals surface area (Å²) in [6, 6.07) is 9.38. The standard InChI is InChI=1S/C17H19F3N2O4S2/c1-28(24,25)22-9-8-14-6-7-15(27-14)16(23)21-10-12-2-4-13(5-3-12)26-11-17(18,19)20/h2-7,22H,8-11H2,1H3,(H,21,23). The molecule has 0 saturated heterocycles. The van der Waals surface area contributed by atoms with E-state index in [1.54, 1.807) is 24.3 Å². The van der Waals surface area contributed by atoms with E-state index < -0.39 is 22.8 Å². The van der Waals surface area contributed by atoms with Crippen molar-refractivity contribution in [1.29, 1.82) is 0 Å². The fraction of sp³-hybridized carbons (Fsp3) is 0.353. The van der Waals surface area contributed by atoms with Crippen molar-refractivity contribution < 1.29 is 31.1 Å². The zero-order valence-corrected chi connectivity index (χ0v) is 16.5. The van der Waals surface area contributed by atoms with Crippen LogP contribution in [0.1, 0.15) is 20.1 Å². The van der Waals surface area contributed by atoms with E-state index >= 15 is 0 Å². The van der Waals surface area contributed by atoms with E-state index in [9.17, 15) is 26.4 Å². The molecule has 0 aliphatic carbocycles. The Hall–Kier alpha value is -2.11. The van der Waals surface area contributed by atoms with Gasteiger partial charge in [0.15, 0.2) is 6.61 Å². The van der Waals surface area contributed by atoms with Gasteiger partial charge in [-0.25, -0.2) is 13.1 Å². The predicted molar refractivity (Wildman–Crippen MR) is 100 cm³/mol. The molecule has 0 saturated carbocycles. The fourth-order valence-electron chi connectivity index (χ4n) is 2.13. The lowest BCUT2D eigenvalue weighted by molar-refractivity contribution is -0.153. The normalized spacial score (nSPS) is 12.0. The van der Waals surface area contributed by atoms with Crippen LogP contribution in [0, 0.1) is 0 Å². The second kappa shape index (κ2) is 9.39. The van der Waals surface area contributed by atoms with Gasteiger partial charge in [-0.15, -0.1) is 11.3 Å². The Morgan fingerprint density at radius 3 is 2.43 bits per heavy atom. The second-order valence-corrected chi connectivity index (χ2v) is 8.91. The lowest BCUT2D eigenvalue weighted by Crippen LogP contribution is -2.24. The van der Waals surface area contributed by atoms with Crippen LogP contribution < -0.4 is 14.8 Å². The number of sulfonamides is 1. The van der Waals surface area contributed by atoms with Crippen molar-refractivity contribution in [1.82, 2.24) is 10.0 Å². The number of halogens is 3. The quantitative estimate of drug-likeness (QED) is 0.633. The zero-order valence-electron chi connectivity index (χ0n) is 14.9. The molecule has 0 atom stereocenters. The number of ether oxygens (including phenoxy) is 1. The molecule has 28 heavy (non-hydrogen) atoms. The molecule has 2 rings (SSSR count). The molecule has 0 unspecified atom stereocenters. The molecule has 0 bridgehead atoms. The summed E-state index contributed by atoms with van der Waals surface area (Å²) in [6.45, 7) is -0.895. The van der Waals surface area contributed by atoms with Gasteiger partial charge in [0.1, 0.15) is 5.75 Å². The molecule has 2 N–H and O–H groups in total. The number of benzene rings is 1. The van der Waals surface area contributed by atoms with Crippen molar-refractivity contribution in [2.45, 2.75) is 19.1 Å². The summed E-state index contributed by atoms with van der Waals surface area (Å²) in [5.74, 6) is -0.192. The average molecular weight is 436 g/mol. The van der Waals surface area contributed by atoms with Crippen LogP contribution in [0.4, 0.5) is 13.2 Å². The summed E-state index contributed by atoms with van der Waals surface area (Å²) in [5.41, 5.74) is 0.710. The molecule has 1 aromatic carbocycles. The monoisotopic (exact) mass is 436 g/mol. The highest BCUT2D eigenvalue weighted by molar-refractivity contribution is 7.88. The van der Waals surface area contributed by atoms with E-state index in [1.165, 1.54) is 23.5 Å². The van der Waals surface area contributed by atoms with Gasteiger partial charge in [0.2, 0.25) is 10.0 Å². The summed E-state index contributed by atoms with van der Waals surface area (Å²) in [5, 5.41) is 2.72. The molecule has 2 aromatic rings. The predicted octanol–water partition coefficient (Wildman–Crippen LogP) is 2.71. The average Bonchev–Trinajstić information content (AvgIpc) is 3.06. The number of alkyl halides is 3. The highest BCUT2D eigenvalue weighted by Gasteiger charge is 2.28. The van der Waals surface area contributed by atoms with E-state index in [2.05, 4.69) is 14.8 Å². The van der Waals surface area contributed by atoms with Gasteiger partial charge in [-0.1, -0.05) is 12.1 Å². The summed E-state index contributed by atoms with van der Waals surface area (Å²) < 4.78 is 65.4. The van der Waals surface area contributed by atoms with E-state index in [1.807, 2.05) is 0 Å². The van der Waals surface area contributed by atoms with Gasteiger partial charge in [0.25, 0.3) is 5.91 Å². The molecule has 11 heteroatoms. The van der Waals surface area contributed by atoms with E-state index in [-0.39, 0.29) is 24.7 Å². The highest BCUT2D eigenvalue weighted by atomic mass is 32.2. The Kier molecular flexibility index (Phi) is 7.44. The highest BCUT2D eigenvalue weighted by Crippen LogP contribution is 2.19. The molecule has 0 radical (unpaired) electrons. The molecule has 6 nitrogen and oxygen atoms in total. The lowest BCUT2D eigenvalue weighted by Gasteiger charge is -2.10. The molecule has 0 fully saturated rings. The van der Waals surface area contributed by atoms with E-state index in [0.29, 0.717) is 16.9 Å². The third-order valence-corrected chi connectivity index (χ3v) is 5.27. The second-order valence-electron chi connectivity index (χ2n) is 5.91. The zero-order chi connectivity index (χ0) is 20.8. The molecule has 0 spiro atoms. The number of rotatable bonds is 9. The number of thiophene rings is 1. The molecule has 0 aliphatic rings. The Morgan fingerprint density at radius 2 is 1.82 bits per heavy atom. The Bertz CT molecular complexity index is 894. The van der Waals surface area contributed by atoms with Gasteiger partial charge in [-0.05, 0) is 36.2 Å². The fourth-order valence-corrected chi connectivity index (χ4v) is 3.53. The van der Waals surface area contributed by atoms with Crippen LogP contribution in [-0.4, -0.2) is 39.9 Å². The SMILES string of the molecule is CS(=O)(=O)NCCc1ccc(C(=O)NCc2ccc(OCC(F)(F)F)cc2)s1. The number of hydrogen-bond acceptors (Lipinski definition) is 5. The minimum absolute atomic E-state index is 0.0954. The first-order valence-corrected chi connectivity index (χ1v) is 10.8. The number of amides is 1. The largest absolute Gasteiger partial charge is 0.484 e. The van der Waals surface area contributed by atoms with Crippen molar-refractivity contribution in [3.05, 3.63) is 51.7 Å². The Balaban J connectivity index is 1.80. The molecular formula is C17H19F3N2O4S2. The molecule has 1 amide bonds.